The molecule has 0 saturated carbocycles. The Labute approximate surface area is 187 Å². The number of ether oxygens (including phenoxy) is 2. The number of rotatable bonds is 8. The van der Waals surface area contributed by atoms with Crippen molar-refractivity contribution in [1.29, 1.82) is 0 Å². The van der Waals surface area contributed by atoms with Crippen LogP contribution >= 0.6 is 15.9 Å². The van der Waals surface area contributed by atoms with Crippen LogP contribution in [0.25, 0.3) is 0 Å². The van der Waals surface area contributed by atoms with Gasteiger partial charge in [-0.25, -0.2) is 17.7 Å². The van der Waals surface area contributed by atoms with Gasteiger partial charge >= 0.3 is 0 Å². The normalized spacial score (nSPS) is 17.4. The molecule has 1 aromatic heterocycles. The molecule has 1 saturated heterocycles. The van der Waals surface area contributed by atoms with Gasteiger partial charge in [-0.2, -0.15) is 0 Å². The number of benzene rings is 1. The van der Waals surface area contributed by atoms with E-state index in [2.05, 4.69) is 32.7 Å². The van der Waals surface area contributed by atoms with E-state index in [-0.39, 0.29) is 11.8 Å². The number of pyridine rings is 1. The minimum atomic E-state index is -3.50. The zero-order chi connectivity index (χ0) is 21.7. The lowest BCUT2D eigenvalue weighted by atomic mass is 10.1. The van der Waals surface area contributed by atoms with Crippen molar-refractivity contribution >= 4 is 31.8 Å². The Balaban J connectivity index is 1.75. The Bertz CT molecular complexity index is 953. The van der Waals surface area contributed by atoms with E-state index in [1.54, 1.807) is 20.2 Å². The first-order valence-electron chi connectivity index (χ1n) is 9.90. The summed E-state index contributed by atoms with van der Waals surface area (Å²) in [6, 6.07) is 11.3. The highest BCUT2D eigenvalue weighted by molar-refractivity contribution is 9.10. The first kappa shape index (κ1) is 23.0. The zero-order valence-corrected chi connectivity index (χ0v) is 19.9. The van der Waals surface area contributed by atoms with Crippen molar-refractivity contribution < 1.29 is 17.9 Å². The van der Waals surface area contributed by atoms with Gasteiger partial charge < -0.3 is 14.4 Å². The van der Waals surface area contributed by atoms with Crippen molar-refractivity contribution in [1.82, 2.24) is 9.29 Å². The largest absolute Gasteiger partial charge is 0.497 e. The zero-order valence-electron chi connectivity index (χ0n) is 17.5. The minimum Gasteiger partial charge on any atom is -0.497 e. The maximum atomic E-state index is 13.0. The number of nitrogens with zero attached hydrogens (tertiary/aromatic N) is 3. The molecule has 164 valence electrons. The fraction of sp³-hybridized carbons (Fsp3) is 0.476. The lowest BCUT2D eigenvalue weighted by Crippen LogP contribution is -2.45. The smallest absolute Gasteiger partial charge is 0.218 e. The topological polar surface area (TPSA) is 72.0 Å². The van der Waals surface area contributed by atoms with Crippen LogP contribution < -0.4 is 9.64 Å². The number of hydrogen-bond donors (Lipinski definition) is 0. The van der Waals surface area contributed by atoms with Crippen LogP contribution in [0, 0.1) is 0 Å². The van der Waals surface area contributed by atoms with E-state index in [1.807, 2.05) is 30.3 Å². The molecule has 9 heteroatoms. The molecule has 0 aliphatic carbocycles. The monoisotopic (exact) mass is 497 g/mol. The van der Waals surface area contributed by atoms with Crippen molar-refractivity contribution in [3.8, 4) is 5.75 Å². The van der Waals surface area contributed by atoms with Crippen molar-refractivity contribution in [2.24, 2.45) is 0 Å². The summed E-state index contributed by atoms with van der Waals surface area (Å²) >= 11 is 3.44. The van der Waals surface area contributed by atoms with Gasteiger partial charge in [0.2, 0.25) is 10.0 Å². The number of aromatic nitrogens is 1. The molecule has 3 rings (SSSR count). The van der Waals surface area contributed by atoms with Gasteiger partial charge in [-0.3, -0.25) is 0 Å². The summed E-state index contributed by atoms with van der Waals surface area (Å²) < 4.78 is 38.7. The number of sulfonamides is 1. The molecule has 1 aliphatic heterocycles. The molecule has 7 nitrogen and oxygen atoms in total. The van der Waals surface area contributed by atoms with Crippen molar-refractivity contribution in [2.75, 3.05) is 38.8 Å². The molecule has 1 aliphatic rings. The van der Waals surface area contributed by atoms with E-state index >= 15 is 0 Å². The van der Waals surface area contributed by atoms with E-state index in [4.69, 9.17) is 9.47 Å². The van der Waals surface area contributed by atoms with Gasteiger partial charge in [-0.15, -0.1) is 0 Å². The molecule has 0 N–H and O–H groups in total. The third kappa shape index (κ3) is 5.72. The third-order valence-electron chi connectivity index (χ3n) is 5.22. The highest BCUT2D eigenvalue weighted by atomic mass is 79.9. The third-order valence-corrected chi connectivity index (χ3v) is 7.40. The van der Waals surface area contributed by atoms with E-state index < -0.39 is 10.0 Å². The molecule has 2 heterocycles. The fourth-order valence-corrected chi connectivity index (χ4v) is 5.10. The molecule has 1 aromatic carbocycles. The van der Waals surface area contributed by atoms with E-state index in [0.29, 0.717) is 29.9 Å². The average molecular weight is 498 g/mol. The van der Waals surface area contributed by atoms with Gasteiger partial charge in [0.25, 0.3) is 0 Å². The molecular weight excluding hydrogens is 470 g/mol. The van der Waals surface area contributed by atoms with Crippen LogP contribution in [-0.4, -0.2) is 57.7 Å². The van der Waals surface area contributed by atoms with Crippen LogP contribution in [0.1, 0.15) is 24.5 Å². The number of methoxy groups -OCH3 is 1. The van der Waals surface area contributed by atoms with E-state index in [9.17, 15) is 8.42 Å². The summed E-state index contributed by atoms with van der Waals surface area (Å²) in [5.74, 6) is 1.43. The second kappa shape index (κ2) is 10.1. The van der Waals surface area contributed by atoms with Crippen LogP contribution in [-0.2, 0) is 27.1 Å². The molecule has 1 atom stereocenters. The standard InChI is InChI=1S/C21H28BrN3O4S/c1-4-18-14-29-10-9-25(18)21-12-17(11-20(22)23-21)15-30(26,27)24(2)13-16-5-7-19(28-3)8-6-16/h5-8,11-12,18H,4,9-10,13-15H2,1-3H3/t18-/m0/s1. The number of morpholine rings is 1. The van der Waals surface area contributed by atoms with Gasteiger partial charge in [0.05, 0.1) is 32.1 Å². The quantitative estimate of drug-likeness (QED) is 0.520. The Morgan fingerprint density at radius 3 is 2.67 bits per heavy atom. The molecular formula is C21H28BrN3O4S. The first-order valence-corrected chi connectivity index (χ1v) is 12.3. The molecule has 0 amide bonds. The average Bonchev–Trinajstić information content (AvgIpc) is 2.73. The molecule has 30 heavy (non-hydrogen) atoms. The maximum absolute atomic E-state index is 13.0. The van der Waals surface area contributed by atoms with E-state index in [0.717, 1.165) is 30.1 Å². The molecule has 0 bridgehead atoms. The first-order chi connectivity index (χ1) is 14.3. The van der Waals surface area contributed by atoms with Gasteiger partial charge in [-0.1, -0.05) is 19.1 Å². The Morgan fingerprint density at radius 1 is 1.27 bits per heavy atom. The summed E-state index contributed by atoms with van der Waals surface area (Å²) in [7, 11) is -0.294. The molecule has 1 fully saturated rings. The van der Waals surface area contributed by atoms with E-state index in [1.165, 1.54) is 4.31 Å². The van der Waals surface area contributed by atoms with Crippen LogP contribution in [0.15, 0.2) is 41.0 Å². The highest BCUT2D eigenvalue weighted by Crippen LogP contribution is 2.25. The summed E-state index contributed by atoms with van der Waals surface area (Å²) in [5.41, 5.74) is 1.60. The van der Waals surface area contributed by atoms with Gasteiger partial charge in [0.1, 0.15) is 16.2 Å². The lowest BCUT2D eigenvalue weighted by Gasteiger charge is -2.36. The fourth-order valence-electron chi connectivity index (χ4n) is 3.47. The highest BCUT2D eigenvalue weighted by Gasteiger charge is 2.25. The number of anilines is 1. The summed E-state index contributed by atoms with van der Waals surface area (Å²) in [6.45, 7) is 4.45. The van der Waals surface area contributed by atoms with Crippen LogP contribution in [0.3, 0.4) is 0 Å². The molecule has 0 spiro atoms. The predicted octanol–water partition coefficient (Wildman–Crippen LogP) is 3.43. The van der Waals surface area contributed by atoms with Crippen molar-refractivity contribution in [2.45, 2.75) is 31.7 Å². The second-order valence-electron chi connectivity index (χ2n) is 7.35. The molecule has 2 aromatic rings. The van der Waals surface area contributed by atoms with Crippen LogP contribution in [0.2, 0.25) is 0 Å². The van der Waals surface area contributed by atoms with Crippen molar-refractivity contribution in [3.05, 3.63) is 52.1 Å². The summed E-state index contributed by atoms with van der Waals surface area (Å²) in [5, 5.41) is 0. The molecule has 0 radical (unpaired) electrons. The lowest BCUT2D eigenvalue weighted by molar-refractivity contribution is 0.0925. The Hall–Kier alpha value is -1.68. The van der Waals surface area contributed by atoms with Gasteiger partial charge in [0, 0.05) is 20.1 Å². The van der Waals surface area contributed by atoms with Gasteiger partial charge in [-0.05, 0) is 57.7 Å². The second-order valence-corrected chi connectivity index (χ2v) is 10.2. The van der Waals surface area contributed by atoms with Gasteiger partial charge in [0.15, 0.2) is 0 Å². The van der Waals surface area contributed by atoms with Crippen molar-refractivity contribution in [3.63, 3.8) is 0 Å². The maximum Gasteiger partial charge on any atom is 0.218 e. The Kier molecular flexibility index (Phi) is 7.73. The number of hydrogen-bond acceptors (Lipinski definition) is 6. The predicted molar refractivity (Wildman–Crippen MR) is 121 cm³/mol. The van der Waals surface area contributed by atoms with Crippen LogP contribution in [0.5, 0.6) is 5.75 Å². The molecule has 0 unspecified atom stereocenters. The SMILES string of the molecule is CC[C@H]1COCCN1c1cc(CS(=O)(=O)N(C)Cc2ccc(OC)cc2)cc(Br)n1. The Morgan fingerprint density at radius 2 is 2.00 bits per heavy atom. The number of halogens is 1. The summed E-state index contributed by atoms with van der Waals surface area (Å²) in [6.07, 6.45) is 0.937. The summed E-state index contributed by atoms with van der Waals surface area (Å²) in [4.78, 5) is 6.78. The van der Waals surface area contributed by atoms with Crippen LogP contribution in [0.4, 0.5) is 5.82 Å². The minimum absolute atomic E-state index is 0.0884.